The molecule has 4 nitrogen and oxygen atoms in total. The molecule has 1 fully saturated rings. The Labute approximate surface area is 80.4 Å². The second-order valence-corrected chi connectivity index (χ2v) is 5.74. The van der Waals surface area contributed by atoms with Gasteiger partial charge in [0.15, 0.2) is 0 Å². The first-order chi connectivity index (χ1) is 5.88. The van der Waals surface area contributed by atoms with Crippen LogP contribution in [0.1, 0.15) is 20.3 Å². The molecule has 1 aliphatic heterocycles. The lowest BCUT2D eigenvalue weighted by Crippen LogP contribution is -2.37. The van der Waals surface area contributed by atoms with Crippen LogP contribution in [0.25, 0.3) is 0 Å². The SMILES string of the molecule is CC(C)N1CC[C@@H](NS(C)(=O)=O)C1. The van der Waals surface area contributed by atoms with Crippen LogP contribution < -0.4 is 4.72 Å². The molecule has 0 bridgehead atoms. The predicted molar refractivity (Wildman–Crippen MR) is 53.1 cm³/mol. The van der Waals surface area contributed by atoms with Crippen molar-refractivity contribution in [1.29, 1.82) is 0 Å². The first-order valence-corrected chi connectivity index (χ1v) is 6.49. The summed E-state index contributed by atoms with van der Waals surface area (Å²) < 4.78 is 24.5. The van der Waals surface area contributed by atoms with Crippen molar-refractivity contribution in [3.05, 3.63) is 0 Å². The Morgan fingerprint density at radius 2 is 2.08 bits per heavy atom. The molecule has 0 aromatic carbocycles. The van der Waals surface area contributed by atoms with E-state index in [1.165, 1.54) is 6.26 Å². The molecule has 1 heterocycles. The summed E-state index contributed by atoms with van der Waals surface area (Å²) in [5.41, 5.74) is 0. The van der Waals surface area contributed by atoms with Gasteiger partial charge in [0.05, 0.1) is 6.26 Å². The van der Waals surface area contributed by atoms with Gasteiger partial charge in [-0.2, -0.15) is 0 Å². The zero-order valence-electron chi connectivity index (χ0n) is 8.45. The Bertz CT molecular complexity index is 261. The highest BCUT2D eigenvalue weighted by molar-refractivity contribution is 7.88. The van der Waals surface area contributed by atoms with Crippen LogP contribution in [0.3, 0.4) is 0 Å². The van der Waals surface area contributed by atoms with Crippen molar-refractivity contribution in [3.63, 3.8) is 0 Å². The van der Waals surface area contributed by atoms with Crippen LogP contribution >= 0.6 is 0 Å². The molecule has 1 atom stereocenters. The average molecular weight is 206 g/mol. The van der Waals surface area contributed by atoms with Gasteiger partial charge in [0.1, 0.15) is 0 Å². The van der Waals surface area contributed by atoms with Gasteiger partial charge in [0.25, 0.3) is 0 Å². The number of hydrogen-bond acceptors (Lipinski definition) is 3. The minimum Gasteiger partial charge on any atom is -0.299 e. The Morgan fingerprint density at radius 3 is 2.46 bits per heavy atom. The molecule has 0 spiro atoms. The highest BCUT2D eigenvalue weighted by Crippen LogP contribution is 2.12. The summed E-state index contributed by atoms with van der Waals surface area (Å²) >= 11 is 0. The third-order valence-electron chi connectivity index (χ3n) is 2.33. The van der Waals surface area contributed by atoms with Gasteiger partial charge in [0.2, 0.25) is 10.0 Å². The van der Waals surface area contributed by atoms with Crippen LogP contribution in [0.15, 0.2) is 0 Å². The maximum absolute atomic E-state index is 10.9. The summed E-state index contributed by atoms with van der Waals surface area (Å²) in [6.07, 6.45) is 2.14. The Balaban J connectivity index is 2.42. The Morgan fingerprint density at radius 1 is 1.46 bits per heavy atom. The molecule has 0 amide bonds. The molecule has 1 saturated heterocycles. The van der Waals surface area contributed by atoms with Crippen molar-refractivity contribution in [2.75, 3.05) is 19.3 Å². The number of nitrogens with one attached hydrogen (secondary N) is 1. The van der Waals surface area contributed by atoms with E-state index in [0.717, 1.165) is 19.5 Å². The lowest BCUT2D eigenvalue weighted by Gasteiger charge is -2.20. The summed E-state index contributed by atoms with van der Waals surface area (Å²) in [7, 11) is -3.03. The van der Waals surface area contributed by atoms with Gasteiger partial charge >= 0.3 is 0 Å². The number of nitrogens with zero attached hydrogens (tertiary/aromatic N) is 1. The van der Waals surface area contributed by atoms with Crippen LogP contribution in [0, 0.1) is 0 Å². The minimum absolute atomic E-state index is 0.109. The van der Waals surface area contributed by atoms with Crippen LogP contribution in [0.2, 0.25) is 0 Å². The van der Waals surface area contributed by atoms with Crippen molar-refractivity contribution in [1.82, 2.24) is 9.62 Å². The third kappa shape index (κ3) is 3.62. The molecule has 1 N–H and O–H groups in total. The topological polar surface area (TPSA) is 49.4 Å². The van der Waals surface area contributed by atoms with Gasteiger partial charge in [-0.15, -0.1) is 0 Å². The van der Waals surface area contributed by atoms with Crippen molar-refractivity contribution < 1.29 is 8.42 Å². The summed E-state index contributed by atoms with van der Waals surface area (Å²) in [5.74, 6) is 0. The zero-order valence-corrected chi connectivity index (χ0v) is 9.26. The van der Waals surface area contributed by atoms with E-state index in [0.29, 0.717) is 6.04 Å². The summed E-state index contributed by atoms with van der Waals surface area (Å²) in [5, 5.41) is 0. The zero-order chi connectivity index (χ0) is 10.1. The van der Waals surface area contributed by atoms with E-state index in [1.807, 2.05) is 0 Å². The summed E-state index contributed by atoms with van der Waals surface area (Å²) in [4.78, 5) is 2.28. The fraction of sp³-hybridized carbons (Fsp3) is 1.00. The number of hydrogen-bond donors (Lipinski definition) is 1. The van der Waals surface area contributed by atoms with Crippen LogP contribution in [0.4, 0.5) is 0 Å². The van der Waals surface area contributed by atoms with E-state index >= 15 is 0 Å². The largest absolute Gasteiger partial charge is 0.299 e. The van der Waals surface area contributed by atoms with E-state index in [2.05, 4.69) is 23.5 Å². The van der Waals surface area contributed by atoms with Crippen molar-refractivity contribution >= 4 is 10.0 Å². The quantitative estimate of drug-likeness (QED) is 0.708. The van der Waals surface area contributed by atoms with Crippen LogP contribution in [-0.4, -0.2) is 44.7 Å². The summed E-state index contributed by atoms with van der Waals surface area (Å²) in [6.45, 7) is 6.08. The smallest absolute Gasteiger partial charge is 0.208 e. The fourth-order valence-corrected chi connectivity index (χ4v) is 2.45. The molecule has 78 valence electrons. The standard InChI is InChI=1S/C8H18N2O2S/c1-7(2)10-5-4-8(6-10)9-13(3,11)12/h7-9H,4-6H2,1-3H3/t8-/m1/s1. The molecule has 0 aromatic rings. The molecule has 0 saturated carbocycles. The number of sulfonamides is 1. The van der Waals surface area contributed by atoms with Crippen molar-refractivity contribution in [2.45, 2.75) is 32.4 Å². The van der Waals surface area contributed by atoms with E-state index in [4.69, 9.17) is 0 Å². The minimum atomic E-state index is -3.03. The number of likely N-dealkylation sites (tertiary alicyclic amines) is 1. The predicted octanol–water partition coefficient (Wildman–Crippen LogP) is 0.0183. The second-order valence-electron chi connectivity index (χ2n) is 3.96. The Hall–Kier alpha value is -0.130. The third-order valence-corrected chi connectivity index (χ3v) is 3.09. The molecular weight excluding hydrogens is 188 g/mol. The molecule has 13 heavy (non-hydrogen) atoms. The van der Waals surface area contributed by atoms with Gasteiger partial charge in [-0.25, -0.2) is 13.1 Å². The molecule has 0 radical (unpaired) electrons. The molecule has 1 aliphatic rings. The molecule has 0 unspecified atom stereocenters. The Kier molecular flexibility index (Phi) is 3.32. The molecule has 0 aromatic heterocycles. The lowest BCUT2D eigenvalue weighted by atomic mass is 10.3. The average Bonchev–Trinajstić information content (AvgIpc) is 2.31. The van der Waals surface area contributed by atoms with Gasteiger partial charge < -0.3 is 0 Å². The van der Waals surface area contributed by atoms with E-state index in [-0.39, 0.29) is 6.04 Å². The van der Waals surface area contributed by atoms with Crippen LogP contribution in [0.5, 0.6) is 0 Å². The van der Waals surface area contributed by atoms with E-state index in [9.17, 15) is 8.42 Å². The lowest BCUT2D eigenvalue weighted by molar-refractivity contribution is 0.271. The summed E-state index contributed by atoms with van der Waals surface area (Å²) in [6, 6.07) is 0.615. The maximum Gasteiger partial charge on any atom is 0.208 e. The number of rotatable bonds is 3. The van der Waals surface area contributed by atoms with Crippen molar-refractivity contribution in [2.24, 2.45) is 0 Å². The molecule has 1 rings (SSSR count). The molecule has 5 heteroatoms. The monoisotopic (exact) mass is 206 g/mol. The van der Waals surface area contributed by atoms with Gasteiger partial charge in [0, 0.05) is 25.2 Å². The molecule has 0 aliphatic carbocycles. The van der Waals surface area contributed by atoms with E-state index in [1.54, 1.807) is 0 Å². The normalized spacial score (nSPS) is 25.7. The van der Waals surface area contributed by atoms with Gasteiger partial charge in [-0.3, -0.25) is 4.90 Å². The first-order valence-electron chi connectivity index (χ1n) is 4.60. The highest BCUT2D eigenvalue weighted by Gasteiger charge is 2.25. The van der Waals surface area contributed by atoms with E-state index < -0.39 is 10.0 Å². The highest BCUT2D eigenvalue weighted by atomic mass is 32.2. The first kappa shape index (κ1) is 10.9. The second kappa shape index (κ2) is 3.94. The molecular formula is C8H18N2O2S. The maximum atomic E-state index is 10.9. The van der Waals surface area contributed by atoms with Crippen molar-refractivity contribution in [3.8, 4) is 0 Å². The fourth-order valence-electron chi connectivity index (χ4n) is 1.66. The van der Waals surface area contributed by atoms with Gasteiger partial charge in [-0.1, -0.05) is 0 Å². The van der Waals surface area contributed by atoms with Gasteiger partial charge in [-0.05, 0) is 20.3 Å². The van der Waals surface area contributed by atoms with Crippen LogP contribution in [-0.2, 0) is 10.0 Å².